The van der Waals surface area contributed by atoms with Crippen molar-refractivity contribution in [2.24, 2.45) is 0 Å². The summed E-state index contributed by atoms with van der Waals surface area (Å²) in [5.74, 6) is 0.876. The van der Waals surface area contributed by atoms with Crippen molar-refractivity contribution in [3.63, 3.8) is 0 Å². The van der Waals surface area contributed by atoms with E-state index < -0.39 is 0 Å². The average Bonchev–Trinajstić information content (AvgIpc) is 2.53. The van der Waals surface area contributed by atoms with Crippen molar-refractivity contribution in [1.29, 1.82) is 0 Å². The summed E-state index contributed by atoms with van der Waals surface area (Å²) in [4.78, 5) is 11.9. The quantitative estimate of drug-likeness (QED) is 0.637. The van der Waals surface area contributed by atoms with Gasteiger partial charge in [0.05, 0.1) is 0 Å². The number of hydrogen-bond donors (Lipinski definition) is 0. The maximum absolute atomic E-state index is 11.9. The van der Waals surface area contributed by atoms with Crippen LogP contribution in [-0.4, -0.2) is 5.78 Å². The minimum absolute atomic E-state index is 0.0632. The van der Waals surface area contributed by atoms with E-state index in [9.17, 15) is 4.79 Å². The van der Waals surface area contributed by atoms with E-state index in [0.29, 0.717) is 6.61 Å². The van der Waals surface area contributed by atoms with Gasteiger partial charge in [0.15, 0.2) is 5.78 Å². The van der Waals surface area contributed by atoms with Gasteiger partial charge in [-0.2, -0.15) is 0 Å². The molecule has 0 saturated carbocycles. The maximum atomic E-state index is 11.9. The van der Waals surface area contributed by atoms with Gasteiger partial charge in [-0.15, -0.1) is 0 Å². The van der Waals surface area contributed by atoms with Gasteiger partial charge in [-0.25, -0.2) is 0 Å². The number of rotatable bonds is 4. The van der Waals surface area contributed by atoms with E-state index in [1.807, 2.05) is 61.5 Å². The number of carbonyl (C=O) groups is 1. The summed E-state index contributed by atoms with van der Waals surface area (Å²) in [7, 11) is 0. The Morgan fingerprint density at radius 2 is 1.59 bits per heavy atom. The lowest BCUT2D eigenvalue weighted by Gasteiger charge is -2.11. The number of fused-ring (bicyclic) bond motifs is 1. The first kappa shape index (κ1) is 14.3. The number of hydrogen-bond acceptors (Lipinski definition) is 2. The predicted molar refractivity (Wildman–Crippen MR) is 89.5 cm³/mol. The van der Waals surface area contributed by atoms with Crippen LogP contribution < -0.4 is 4.74 Å². The number of ketones is 1. The molecule has 110 valence electrons. The highest BCUT2D eigenvalue weighted by atomic mass is 16.5. The molecule has 0 N–H and O–H groups in total. The number of carbonyl (C=O) groups excluding carboxylic acids is 1. The molecule has 3 rings (SSSR count). The summed E-state index contributed by atoms with van der Waals surface area (Å²) in [6, 6.07) is 20.0. The summed E-state index contributed by atoms with van der Waals surface area (Å²) in [5.41, 5.74) is 2.85. The van der Waals surface area contributed by atoms with Gasteiger partial charge in [0, 0.05) is 11.1 Å². The Morgan fingerprint density at radius 1 is 0.955 bits per heavy atom. The van der Waals surface area contributed by atoms with Crippen LogP contribution in [0, 0.1) is 6.92 Å². The van der Waals surface area contributed by atoms with Gasteiger partial charge < -0.3 is 4.74 Å². The largest absolute Gasteiger partial charge is 0.489 e. The van der Waals surface area contributed by atoms with Crippen molar-refractivity contribution < 1.29 is 9.53 Å². The molecule has 22 heavy (non-hydrogen) atoms. The van der Waals surface area contributed by atoms with Crippen LogP contribution in [0.2, 0.25) is 0 Å². The van der Waals surface area contributed by atoms with Crippen LogP contribution in [0.3, 0.4) is 0 Å². The zero-order chi connectivity index (χ0) is 15.5. The molecule has 0 unspecified atom stereocenters. The number of ether oxygens (including phenoxy) is 1. The van der Waals surface area contributed by atoms with E-state index in [0.717, 1.165) is 27.6 Å². The summed E-state index contributed by atoms with van der Waals surface area (Å²) in [6.45, 7) is 4.03. The first-order chi connectivity index (χ1) is 10.6. The molecular formula is C20H18O2. The third-order valence-corrected chi connectivity index (χ3v) is 3.77. The van der Waals surface area contributed by atoms with Gasteiger partial charge in [-0.05, 0) is 48.9 Å². The van der Waals surface area contributed by atoms with Crippen molar-refractivity contribution in [1.82, 2.24) is 0 Å². The monoisotopic (exact) mass is 290 g/mol. The van der Waals surface area contributed by atoms with Crippen molar-refractivity contribution in [3.05, 3.63) is 77.4 Å². The van der Waals surface area contributed by atoms with Gasteiger partial charge in [0.2, 0.25) is 0 Å². The van der Waals surface area contributed by atoms with Crippen LogP contribution in [0.1, 0.15) is 28.4 Å². The molecular weight excluding hydrogens is 272 g/mol. The van der Waals surface area contributed by atoms with Crippen molar-refractivity contribution in [2.45, 2.75) is 20.5 Å². The summed E-state index contributed by atoms with van der Waals surface area (Å²) < 4.78 is 5.83. The molecule has 0 bridgehead atoms. The van der Waals surface area contributed by atoms with E-state index in [1.165, 1.54) is 5.56 Å². The SMILES string of the molecule is CC(=O)c1cc2ccccc2cc1COc1ccc(C)cc1. The third kappa shape index (κ3) is 3.01. The Bertz CT molecular complexity index is 817. The summed E-state index contributed by atoms with van der Waals surface area (Å²) >= 11 is 0. The Hall–Kier alpha value is -2.61. The van der Waals surface area contributed by atoms with Crippen LogP contribution in [-0.2, 0) is 6.61 Å². The van der Waals surface area contributed by atoms with Gasteiger partial charge in [0.25, 0.3) is 0 Å². The molecule has 2 heteroatoms. The zero-order valence-electron chi connectivity index (χ0n) is 12.8. The summed E-state index contributed by atoms with van der Waals surface area (Å²) in [5, 5.41) is 2.20. The molecule has 0 fully saturated rings. The second-order valence-electron chi connectivity index (χ2n) is 5.51. The van der Waals surface area contributed by atoms with Crippen molar-refractivity contribution in [3.8, 4) is 5.75 Å². The Morgan fingerprint density at radius 3 is 2.23 bits per heavy atom. The number of Topliss-reactive ketones (excluding diaryl/α,β-unsaturated/α-hetero) is 1. The van der Waals surface area contributed by atoms with Crippen molar-refractivity contribution in [2.75, 3.05) is 0 Å². The van der Waals surface area contributed by atoms with Gasteiger partial charge >= 0.3 is 0 Å². The molecule has 0 spiro atoms. The molecule has 0 aliphatic heterocycles. The standard InChI is InChI=1S/C20H18O2/c1-14-7-9-19(10-8-14)22-13-18-11-16-5-3-4-6-17(16)12-20(18)15(2)21/h3-12H,13H2,1-2H3. The third-order valence-electron chi connectivity index (χ3n) is 3.77. The van der Waals surface area contributed by atoms with E-state index in [-0.39, 0.29) is 5.78 Å². The highest BCUT2D eigenvalue weighted by Crippen LogP contribution is 2.22. The maximum Gasteiger partial charge on any atom is 0.160 e. The Balaban J connectivity index is 1.92. The van der Waals surface area contributed by atoms with E-state index in [2.05, 4.69) is 6.07 Å². The van der Waals surface area contributed by atoms with Crippen LogP contribution in [0.5, 0.6) is 5.75 Å². The van der Waals surface area contributed by atoms with Gasteiger partial charge in [-0.1, -0.05) is 42.0 Å². The van der Waals surface area contributed by atoms with Gasteiger partial charge in [-0.3, -0.25) is 4.79 Å². The molecule has 3 aromatic rings. The fourth-order valence-electron chi connectivity index (χ4n) is 2.53. The Labute approximate surface area is 130 Å². The molecule has 2 nitrogen and oxygen atoms in total. The molecule has 0 aliphatic rings. The fourth-order valence-corrected chi connectivity index (χ4v) is 2.53. The second kappa shape index (κ2) is 6.02. The van der Waals surface area contributed by atoms with Gasteiger partial charge in [0.1, 0.15) is 12.4 Å². The molecule has 0 atom stereocenters. The molecule has 0 saturated heterocycles. The molecule has 3 aromatic carbocycles. The first-order valence-corrected chi connectivity index (χ1v) is 7.35. The smallest absolute Gasteiger partial charge is 0.160 e. The molecule has 0 aliphatic carbocycles. The minimum Gasteiger partial charge on any atom is -0.489 e. The molecule has 0 radical (unpaired) electrons. The lowest BCUT2D eigenvalue weighted by Crippen LogP contribution is -2.04. The fraction of sp³-hybridized carbons (Fsp3) is 0.150. The lowest BCUT2D eigenvalue weighted by atomic mass is 9.99. The first-order valence-electron chi connectivity index (χ1n) is 7.35. The highest BCUT2D eigenvalue weighted by molar-refractivity contribution is 6.00. The predicted octanol–water partition coefficient (Wildman–Crippen LogP) is 4.93. The number of aryl methyl sites for hydroxylation is 1. The summed E-state index contributed by atoms with van der Waals surface area (Å²) in [6.07, 6.45) is 0. The molecule has 0 amide bonds. The molecule has 0 heterocycles. The Kier molecular flexibility index (Phi) is 3.92. The van der Waals surface area contributed by atoms with Crippen LogP contribution in [0.25, 0.3) is 10.8 Å². The molecule has 0 aromatic heterocycles. The van der Waals surface area contributed by atoms with E-state index in [4.69, 9.17) is 4.74 Å². The van der Waals surface area contributed by atoms with Crippen LogP contribution in [0.15, 0.2) is 60.7 Å². The van der Waals surface area contributed by atoms with Crippen LogP contribution in [0.4, 0.5) is 0 Å². The zero-order valence-corrected chi connectivity index (χ0v) is 12.8. The van der Waals surface area contributed by atoms with Crippen LogP contribution >= 0.6 is 0 Å². The topological polar surface area (TPSA) is 26.3 Å². The minimum atomic E-state index is 0.0632. The van der Waals surface area contributed by atoms with Crippen molar-refractivity contribution >= 4 is 16.6 Å². The highest BCUT2D eigenvalue weighted by Gasteiger charge is 2.10. The number of benzene rings is 3. The normalized spacial score (nSPS) is 10.6. The lowest BCUT2D eigenvalue weighted by molar-refractivity contribution is 0.101. The van der Waals surface area contributed by atoms with E-state index in [1.54, 1.807) is 6.92 Å². The van der Waals surface area contributed by atoms with E-state index >= 15 is 0 Å². The second-order valence-corrected chi connectivity index (χ2v) is 5.51. The average molecular weight is 290 g/mol.